The number of halogens is 2. The molecule has 0 spiro atoms. The van der Waals surface area contributed by atoms with Crippen LogP contribution in [0.15, 0.2) is 54.6 Å². The summed E-state index contributed by atoms with van der Waals surface area (Å²) in [6.07, 6.45) is 1.13. The molecule has 0 aliphatic carbocycles. The molecule has 6 rings (SSSR count). The highest BCUT2D eigenvalue weighted by Gasteiger charge is 2.24. The molecule has 1 atom stereocenters. The van der Waals surface area contributed by atoms with Gasteiger partial charge in [0.05, 0.1) is 30.4 Å². The molecule has 1 aliphatic heterocycles. The molecule has 212 valence electrons. The van der Waals surface area contributed by atoms with Crippen LogP contribution in [0.3, 0.4) is 0 Å². The number of nitrogens with zero attached hydrogens (tertiary/aromatic N) is 4. The van der Waals surface area contributed by atoms with Crippen molar-refractivity contribution in [2.75, 3.05) is 6.61 Å². The molecule has 42 heavy (non-hydrogen) atoms. The molecular formula is C31H24F2N4O4S. The van der Waals surface area contributed by atoms with E-state index < -0.39 is 17.6 Å². The number of carboxylic acids is 1. The van der Waals surface area contributed by atoms with Gasteiger partial charge in [-0.15, -0.1) is 11.3 Å². The van der Waals surface area contributed by atoms with Crippen LogP contribution in [0.5, 0.6) is 5.88 Å². The van der Waals surface area contributed by atoms with Crippen LogP contribution in [0.4, 0.5) is 14.5 Å². The zero-order valence-corrected chi connectivity index (χ0v) is 23.3. The van der Waals surface area contributed by atoms with Gasteiger partial charge in [0.25, 0.3) is 0 Å². The number of aromatic carboxylic acids is 1. The second-order valence-corrected chi connectivity index (χ2v) is 11.0. The largest absolute Gasteiger partial charge is 0.477 e. The Labute approximate surface area is 243 Å². The molecule has 3 aromatic heterocycles. The van der Waals surface area contributed by atoms with E-state index in [0.29, 0.717) is 51.7 Å². The van der Waals surface area contributed by atoms with Gasteiger partial charge in [0.2, 0.25) is 5.88 Å². The molecule has 11 heteroatoms. The molecule has 0 amide bonds. The van der Waals surface area contributed by atoms with E-state index in [0.717, 1.165) is 29.4 Å². The summed E-state index contributed by atoms with van der Waals surface area (Å²) in [5, 5.41) is 9.42. The van der Waals surface area contributed by atoms with Crippen LogP contribution in [0.2, 0.25) is 0 Å². The first-order chi connectivity index (χ1) is 20.3. The van der Waals surface area contributed by atoms with E-state index in [4.69, 9.17) is 16.0 Å². The summed E-state index contributed by atoms with van der Waals surface area (Å²) < 4.78 is 43.0. The first-order valence-corrected chi connectivity index (χ1v) is 14.0. The Morgan fingerprint density at radius 1 is 1.17 bits per heavy atom. The summed E-state index contributed by atoms with van der Waals surface area (Å²) in [6, 6.07) is 14.1. The highest BCUT2D eigenvalue weighted by molar-refractivity contribution is 7.20. The minimum Gasteiger partial charge on any atom is -0.477 e. The standard InChI is InChI=1S/C31H24F2N4O4S/c1-17-10-19(11-28-36-30-26(14-27(42-30)31(38)39)37(28)15-21-8-9-40-21)24(33)13-22(17)25-4-3-5-29(35-25)41-16-18-6-7-20(34-2)12-23(18)32/h3-7,10,12-14,21H,8-9,11,15-16H2,1H3,(H,38,39). The number of imidazole rings is 1. The van der Waals surface area contributed by atoms with Crippen LogP contribution in [0, 0.1) is 25.1 Å². The van der Waals surface area contributed by atoms with Gasteiger partial charge in [-0.3, -0.25) is 0 Å². The lowest BCUT2D eigenvalue weighted by Crippen LogP contribution is -2.31. The van der Waals surface area contributed by atoms with Gasteiger partial charge in [-0.25, -0.2) is 28.4 Å². The Balaban J connectivity index is 1.24. The van der Waals surface area contributed by atoms with Gasteiger partial charge in [-0.05, 0) is 48.7 Å². The summed E-state index contributed by atoms with van der Waals surface area (Å²) in [5.74, 6) is -1.06. The molecule has 1 aliphatic rings. The van der Waals surface area contributed by atoms with E-state index >= 15 is 4.39 Å². The molecule has 1 saturated heterocycles. The number of fused-ring (bicyclic) bond motifs is 1. The highest BCUT2D eigenvalue weighted by Crippen LogP contribution is 2.31. The zero-order chi connectivity index (χ0) is 29.4. The van der Waals surface area contributed by atoms with Crippen LogP contribution < -0.4 is 4.74 Å². The summed E-state index contributed by atoms with van der Waals surface area (Å²) >= 11 is 1.10. The summed E-state index contributed by atoms with van der Waals surface area (Å²) in [5.41, 5.74) is 3.56. The molecular weight excluding hydrogens is 562 g/mol. The van der Waals surface area contributed by atoms with Crippen molar-refractivity contribution in [1.82, 2.24) is 14.5 Å². The molecule has 1 fully saturated rings. The number of rotatable bonds is 9. The molecule has 1 N–H and O–H groups in total. The second kappa shape index (κ2) is 11.3. The van der Waals surface area contributed by atoms with E-state index in [1.807, 2.05) is 11.5 Å². The van der Waals surface area contributed by atoms with Gasteiger partial charge in [-0.1, -0.05) is 24.3 Å². The normalized spacial score (nSPS) is 14.5. The summed E-state index contributed by atoms with van der Waals surface area (Å²) in [4.78, 5) is 24.7. The van der Waals surface area contributed by atoms with Crippen LogP contribution in [0.25, 0.3) is 26.4 Å². The maximum atomic E-state index is 15.5. The van der Waals surface area contributed by atoms with Crippen molar-refractivity contribution >= 4 is 33.3 Å². The third kappa shape index (κ3) is 5.46. The van der Waals surface area contributed by atoms with E-state index in [9.17, 15) is 14.3 Å². The first-order valence-electron chi connectivity index (χ1n) is 13.2. The average Bonchev–Trinajstić information content (AvgIpc) is 3.50. The second-order valence-electron chi connectivity index (χ2n) is 10.00. The number of carboxylic acid groups (broad SMARTS) is 1. The molecule has 1 unspecified atom stereocenters. The number of thiophene rings is 1. The number of pyridine rings is 1. The van der Waals surface area contributed by atoms with E-state index in [1.54, 1.807) is 30.3 Å². The van der Waals surface area contributed by atoms with Crippen molar-refractivity contribution in [3.05, 3.63) is 105 Å². The maximum absolute atomic E-state index is 15.5. The third-order valence-electron chi connectivity index (χ3n) is 7.20. The topological polar surface area (TPSA) is 90.8 Å². The van der Waals surface area contributed by atoms with Crippen molar-refractivity contribution in [3.8, 4) is 17.1 Å². The lowest BCUT2D eigenvalue weighted by Gasteiger charge is -2.27. The summed E-state index contributed by atoms with van der Waals surface area (Å²) in [6.45, 7) is 10.00. The van der Waals surface area contributed by atoms with Crippen molar-refractivity contribution in [2.24, 2.45) is 0 Å². The number of carbonyl (C=O) groups is 1. The van der Waals surface area contributed by atoms with E-state index in [1.165, 1.54) is 18.2 Å². The van der Waals surface area contributed by atoms with Gasteiger partial charge in [0.1, 0.15) is 33.8 Å². The Bertz CT molecular complexity index is 1870. The van der Waals surface area contributed by atoms with Gasteiger partial charge in [0.15, 0.2) is 5.69 Å². The van der Waals surface area contributed by atoms with E-state index in [2.05, 4.69) is 14.8 Å². The predicted octanol–water partition coefficient (Wildman–Crippen LogP) is 6.95. The van der Waals surface area contributed by atoms with Gasteiger partial charge in [0, 0.05) is 30.2 Å². The lowest BCUT2D eigenvalue weighted by atomic mass is 9.99. The number of hydrogen-bond donors (Lipinski definition) is 1. The fourth-order valence-corrected chi connectivity index (χ4v) is 5.77. The Morgan fingerprint density at radius 2 is 1.98 bits per heavy atom. The lowest BCUT2D eigenvalue weighted by molar-refractivity contribution is -0.0589. The summed E-state index contributed by atoms with van der Waals surface area (Å²) in [7, 11) is 0. The van der Waals surface area contributed by atoms with Gasteiger partial charge in [-0.2, -0.15) is 0 Å². The molecule has 0 radical (unpaired) electrons. The predicted molar refractivity (Wildman–Crippen MR) is 153 cm³/mol. The van der Waals surface area contributed by atoms with Crippen LogP contribution in [0.1, 0.15) is 38.6 Å². The maximum Gasteiger partial charge on any atom is 0.346 e. The van der Waals surface area contributed by atoms with Crippen molar-refractivity contribution < 1.29 is 28.2 Å². The first kappa shape index (κ1) is 27.5. The Hall–Kier alpha value is -4.66. The van der Waals surface area contributed by atoms with Gasteiger partial charge >= 0.3 is 5.97 Å². The molecule has 2 aromatic carbocycles. The van der Waals surface area contributed by atoms with Crippen LogP contribution >= 0.6 is 11.3 Å². The smallest absolute Gasteiger partial charge is 0.346 e. The van der Waals surface area contributed by atoms with Crippen molar-refractivity contribution in [2.45, 2.75) is 39.0 Å². The number of aromatic nitrogens is 3. The van der Waals surface area contributed by atoms with Crippen molar-refractivity contribution in [1.29, 1.82) is 0 Å². The minimum atomic E-state index is -1.01. The minimum absolute atomic E-state index is 0.0125. The van der Waals surface area contributed by atoms with Gasteiger partial charge < -0.3 is 19.1 Å². The molecule has 4 heterocycles. The number of hydrogen-bond acceptors (Lipinski definition) is 6. The molecule has 5 aromatic rings. The van der Waals surface area contributed by atoms with Crippen LogP contribution in [-0.2, 0) is 24.3 Å². The highest BCUT2D eigenvalue weighted by atomic mass is 32.1. The fraction of sp³-hybridized carbons (Fsp3) is 0.226. The Kier molecular flexibility index (Phi) is 7.41. The average molecular weight is 587 g/mol. The number of ether oxygens (including phenoxy) is 2. The number of aryl methyl sites for hydroxylation is 1. The number of benzene rings is 2. The molecule has 0 saturated carbocycles. The monoisotopic (exact) mass is 586 g/mol. The quantitative estimate of drug-likeness (QED) is 0.188. The molecule has 8 nitrogen and oxygen atoms in total. The Morgan fingerprint density at radius 3 is 2.69 bits per heavy atom. The molecule has 0 bridgehead atoms. The van der Waals surface area contributed by atoms with E-state index in [-0.39, 0.29) is 35.6 Å². The van der Waals surface area contributed by atoms with Crippen LogP contribution in [-0.4, -0.2) is 38.3 Å². The van der Waals surface area contributed by atoms with Crippen molar-refractivity contribution in [3.63, 3.8) is 0 Å². The SMILES string of the molecule is [C-]#[N+]c1ccc(COc2cccc(-c3cc(F)c(Cc4nc5sc(C(=O)O)cc5n4CC4CCO4)cc3C)n2)c(F)c1. The third-order valence-corrected chi connectivity index (χ3v) is 8.21. The zero-order valence-electron chi connectivity index (χ0n) is 22.4. The fourth-order valence-electron chi connectivity index (χ4n) is 4.88.